The zero-order valence-electron chi connectivity index (χ0n) is 15.2. The molecule has 1 atom stereocenters. The van der Waals surface area contributed by atoms with Gasteiger partial charge in [-0.1, -0.05) is 0 Å². The summed E-state index contributed by atoms with van der Waals surface area (Å²) < 4.78 is 5.59. The summed E-state index contributed by atoms with van der Waals surface area (Å²) in [5, 5.41) is 0. The summed E-state index contributed by atoms with van der Waals surface area (Å²) in [6.45, 7) is 3.63. The molecule has 6 nitrogen and oxygen atoms in total. The summed E-state index contributed by atoms with van der Waals surface area (Å²) in [5.41, 5.74) is 0.421. The summed E-state index contributed by atoms with van der Waals surface area (Å²) in [5.74, 6) is 0.0718. The maximum atomic E-state index is 13.5. The first-order valence-corrected chi connectivity index (χ1v) is 9.79. The van der Waals surface area contributed by atoms with Gasteiger partial charge in [-0.3, -0.25) is 14.6 Å². The van der Waals surface area contributed by atoms with Gasteiger partial charge < -0.3 is 14.5 Å². The molecule has 0 radical (unpaired) electrons. The van der Waals surface area contributed by atoms with Gasteiger partial charge in [-0.2, -0.15) is 0 Å². The second-order valence-corrected chi connectivity index (χ2v) is 7.75. The molecule has 4 rings (SSSR count). The van der Waals surface area contributed by atoms with Gasteiger partial charge in [0.2, 0.25) is 5.91 Å². The number of nitrogens with zero attached hydrogens (tertiary/aromatic N) is 3. The number of piperidine rings is 1. The van der Waals surface area contributed by atoms with E-state index in [1.807, 2.05) is 9.80 Å². The van der Waals surface area contributed by atoms with E-state index in [0.29, 0.717) is 25.3 Å². The van der Waals surface area contributed by atoms with Gasteiger partial charge >= 0.3 is 0 Å². The van der Waals surface area contributed by atoms with Crippen molar-refractivity contribution in [3.8, 4) is 0 Å². The highest BCUT2D eigenvalue weighted by atomic mass is 16.5. The topological polar surface area (TPSA) is 62.7 Å². The molecule has 0 aromatic carbocycles. The van der Waals surface area contributed by atoms with Crippen LogP contribution in [0.25, 0.3) is 0 Å². The molecule has 1 spiro atoms. The lowest BCUT2D eigenvalue weighted by atomic mass is 9.67. The molecule has 0 saturated carbocycles. The molecule has 1 unspecified atom stereocenters. The Morgan fingerprint density at radius 2 is 1.85 bits per heavy atom. The monoisotopic (exact) mass is 357 g/mol. The number of hydrogen-bond acceptors (Lipinski definition) is 4. The van der Waals surface area contributed by atoms with Crippen LogP contribution in [0.15, 0.2) is 24.5 Å². The molecule has 2 amide bonds. The van der Waals surface area contributed by atoms with E-state index in [-0.39, 0.29) is 23.3 Å². The van der Waals surface area contributed by atoms with Crippen LogP contribution in [0.5, 0.6) is 0 Å². The first-order valence-electron chi connectivity index (χ1n) is 9.79. The molecular formula is C20H27N3O3. The van der Waals surface area contributed by atoms with Crippen molar-refractivity contribution in [2.75, 3.05) is 32.8 Å². The minimum Gasteiger partial charge on any atom is -0.381 e. The van der Waals surface area contributed by atoms with E-state index >= 15 is 0 Å². The Balaban J connectivity index is 1.68. The summed E-state index contributed by atoms with van der Waals surface area (Å²) in [7, 11) is 0. The Labute approximate surface area is 154 Å². The van der Waals surface area contributed by atoms with Crippen LogP contribution in [0.3, 0.4) is 0 Å². The Morgan fingerprint density at radius 1 is 1.08 bits per heavy atom. The van der Waals surface area contributed by atoms with Crippen LogP contribution in [-0.4, -0.2) is 65.5 Å². The first kappa shape index (κ1) is 17.5. The molecule has 0 aliphatic carbocycles. The smallest absolute Gasteiger partial charge is 0.256 e. The Morgan fingerprint density at radius 3 is 2.54 bits per heavy atom. The second kappa shape index (κ2) is 7.35. The van der Waals surface area contributed by atoms with E-state index in [0.717, 1.165) is 51.6 Å². The van der Waals surface area contributed by atoms with Gasteiger partial charge in [-0.05, 0) is 50.7 Å². The lowest BCUT2D eigenvalue weighted by Gasteiger charge is -2.51. The van der Waals surface area contributed by atoms with Crippen LogP contribution in [0.1, 0.15) is 48.9 Å². The predicted octanol–water partition coefficient (Wildman–Crippen LogP) is 2.11. The fraction of sp³-hybridized carbons (Fsp3) is 0.650. The fourth-order valence-electron chi connectivity index (χ4n) is 4.88. The Hall–Kier alpha value is -1.95. The zero-order valence-corrected chi connectivity index (χ0v) is 15.2. The van der Waals surface area contributed by atoms with Crippen molar-refractivity contribution in [2.45, 2.75) is 44.6 Å². The van der Waals surface area contributed by atoms with Crippen molar-refractivity contribution in [1.82, 2.24) is 14.8 Å². The molecule has 1 aromatic heterocycles. The van der Waals surface area contributed by atoms with E-state index in [1.165, 1.54) is 0 Å². The first-order chi connectivity index (χ1) is 12.7. The van der Waals surface area contributed by atoms with Gasteiger partial charge in [0.25, 0.3) is 5.91 Å². The summed E-state index contributed by atoms with van der Waals surface area (Å²) >= 11 is 0. The summed E-state index contributed by atoms with van der Waals surface area (Å²) in [4.78, 5) is 34.6. The molecule has 0 N–H and O–H groups in total. The van der Waals surface area contributed by atoms with Crippen LogP contribution in [0.4, 0.5) is 0 Å². The van der Waals surface area contributed by atoms with E-state index in [1.54, 1.807) is 24.5 Å². The minimum absolute atomic E-state index is 0.0683. The molecule has 3 fully saturated rings. The van der Waals surface area contributed by atoms with Crippen molar-refractivity contribution >= 4 is 11.8 Å². The van der Waals surface area contributed by atoms with Crippen molar-refractivity contribution < 1.29 is 14.3 Å². The lowest BCUT2D eigenvalue weighted by Crippen LogP contribution is -2.62. The highest BCUT2D eigenvalue weighted by Gasteiger charge is 2.51. The predicted molar refractivity (Wildman–Crippen MR) is 96.6 cm³/mol. The van der Waals surface area contributed by atoms with Crippen LogP contribution in [0, 0.1) is 5.41 Å². The van der Waals surface area contributed by atoms with Gasteiger partial charge in [-0.15, -0.1) is 0 Å². The van der Waals surface area contributed by atoms with Crippen LogP contribution in [0.2, 0.25) is 0 Å². The molecule has 3 aliphatic rings. The maximum Gasteiger partial charge on any atom is 0.256 e. The van der Waals surface area contributed by atoms with Crippen LogP contribution in [-0.2, 0) is 9.53 Å². The average molecular weight is 357 g/mol. The number of pyridine rings is 1. The molecule has 3 aliphatic heterocycles. The fourth-order valence-corrected chi connectivity index (χ4v) is 4.88. The average Bonchev–Trinajstić information content (AvgIpc) is 3.23. The molecule has 3 saturated heterocycles. The van der Waals surface area contributed by atoms with Gasteiger partial charge in [0.15, 0.2) is 0 Å². The quantitative estimate of drug-likeness (QED) is 0.813. The third-order valence-electron chi connectivity index (χ3n) is 6.27. The molecule has 1 aromatic rings. The van der Waals surface area contributed by atoms with Gasteiger partial charge in [0.05, 0.1) is 5.56 Å². The Kier molecular flexibility index (Phi) is 4.94. The van der Waals surface area contributed by atoms with E-state index in [9.17, 15) is 9.59 Å². The number of ether oxygens (including phenoxy) is 1. The molecule has 26 heavy (non-hydrogen) atoms. The van der Waals surface area contributed by atoms with Crippen LogP contribution >= 0.6 is 0 Å². The largest absolute Gasteiger partial charge is 0.381 e. The molecule has 4 heterocycles. The number of hydrogen-bond donors (Lipinski definition) is 0. The molecule has 140 valence electrons. The summed E-state index contributed by atoms with van der Waals surface area (Å²) in [6.07, 6.45) is 9.04. The number of rotatable bonds is 2. The normalized spacial score (nSPS) is 25.5. The number of amides is 2. The van der Waals surface area contributed by atoms with Gasteiger partial charge in [0.1, 0.15) is 6.04 Å². The lowest BCUT2D eigenvalue weighted by molar-refractivity contribution is -0.147. The van der Waals surface area contributed by atoms with Crippen LogP contribution < -0.4 is 0 Å². The van der Waals surface area contributed by atoms with Gasteiger partial charge in [-0.25, -0.2) is 0 Å². The highest BCUT2D eigenvalue weighted by Crippen LogP contribution is 2.45. The van der Waals surface area contributed by atoms with E-state index in [2.05, 4.69) is 4.98 Å². The third-order valence-corrected chi connectivity index (χ3v) is 6.27. The van der Waals surface area contributed by atoms with E-state index in [4.69, 9.17) is 4.74 Å². The number of carbonyl (C=O) groups excluding carboxylic acids is 2. The zero-order chi connectivity index (χ0) is 18.0. The number of aromatic nitrogens is 1. The molecule has 6 heteroatoms. The number of likely N-dealkylation sites (tertiary alicyclic amines) is 2. The minimum atomic E-state index is -0.369. The SMILES string of the molecule is O=C(C1N(C(=O)c2cccnc2)CCCC12CCOCC2)N1CCCC1. The van der Waals surface area contributed by atoms with Crippen molar-refractivity contribution in [3.05, 3.63) is 30.1 Å². The van der Waals surface area contributed by atoms with Gasteiger partial charge in [0, 0.05) is 50.7 Å². The van der Waals surface area contributed by atoms with Crippen molar-refractivity contribution in [1.29, 1.82) is 0 Å². The second-order valence-electron chi connectivity index (χ2n) is 7.75. The highest BCUT2D eigenvalue weighted by molar-refractivity contribution is 5.97. The molecule has 0 bridgehead atoms. The third kappa shape index (κ3) is 3.11. The van der Waals surface area contributed by atoms with E-state index < -0.39 is 0 Å². The van der Waals surface area contributed by atoms with Crippen molar-refractivity contribution in [2.24, 2.45) is 5.41 Å². The maximum absolute atomic E-state index is 13.5. The Bertz CT molecular complexity index is 646. The number of carbonyl (C=O) groups is 2. The standard InChI is InChI=1S/C20H27N3O3/c24-18(16-5-3-9-21-15-16)23-12-4-6-20(7-13-26-14-8-20)17(23)19(25)22-10-1-2-11-22/h3,5,9,15,17H,1-2,4,6-8,10-14H2. The molecular weight excluding hydrogens is 330 g/mol. The summed E-state index contributed by atoms with van der Waals surface area (Å²) in [6, 6.07) is 3.20. The van der Waals surface area contributed by atoms with Crippen molar-refractivity contribution in [3.63, 3.8) is 0 Å².